The molecule has 1 aliphatic rings. The number of hydrogen-bond donors (Lipinski definition) is 1. The van der Waals surface area contributed by atoms with Crippen molar-refractivity contribution in [3.8, 4) is 0 Å². The highest BCUT2D eigenvalue weighted by Gasteiger charge is 2.32. The third-order valence-corrected chi connectivity index (χ3v) is 4.11. The summed E-state index contributed by atoms with van der Waals surface area (Å²) in [6.07, 6.45) is 2.07. The van der Waals surface area contributed by atoms with Gasteiger partial charge < -0.3 is 19.5 Å². The average Bonchev–Trinajstić information content (AvgIpc) is 3.27. The van der Waals surface area contributed by atoms with Crippen molar-refractivity contribution in [1.29, 1.82) is 0 Å². The molecular formula is C15H19NO6S. The summed E-state index contributed by atoms with van der Waals surface area (Å²) in [5.41, 5.74) is 1.33. The summed E-state index contributed by atoms with van der Waals surface area (Å²) in [5.74, 6) is -1.22. The number of nitrogens with one attached hydrogen (secondary N) is 1. The Morgan fingerprint density at radius 2 is 2.00 bits per heavy atom. The van der Waals surface area contributed by atoms with Crippen LogP contribution in [0.1, 0.15) is 41.6 Å². The minimum atomic E-state index is -0.627. The van der Waals surface area contributed by atoms with Crippen molar-refractivity contribution >= 4 is 34.2 Å². The second kappa shape index (κ2) is 8.07. The fourth-order valence-electron chi connectivity index (χ4n) is 2.04. The van der Waals surface area contributed by atoms with E-state index in [1.54, 1.807) is 6.92 Å². The van der Waals surface area contributed by atoms with Crippen LogP contribution in [-0.4, -0.2) is 44.8 Å². The maximum absolute atomic E-state index is 12.1. The summed E-state index contributed by atoms with van der Waals surface area (Å²) < 4.78 is 14.4. The Morgan fingerprint density at radius 3 is 2.61 bits per heavy atom. The summed E-state index contributed by atoms with van der Waals surface area (Å²) in [7, 11) is 1.36. The van der Waals surface area contributed by atoms with Crippen LogP contribution in [0.4, 0.5) is 5.00 Å². The van der Waals surface area contributed by atoms with Crippen LogP contribution in [0.3, 0.4) is 0 Å². The first-order valence-corrected chi connectivity index (χ1v) is 8.17. The van der Waals surface area contributed by atoms with Crippen molar-refractivity contribution in [2.75, 3.05) is 32.2 Å². The van der Waals surface area contributed by atoms with Gasteiger partial charge >= 0.3 is 11.9 Å². The molecule has 126 valence electrons. The van der Waals surface area contributed by atoms with Gasteiger partial charge in [0.05, 0.1) is 12.2 Å². The van der Waals surface area contributed by atoms with Crippen LogP contribution < -0.4 is 5.32 Å². The van der Waals surface area contributed by atoms with Gasteiger partial charge in [-0.25, -0.2) is 9.59 Å². The minimum Gasteiger partial charge on any atom is -0.462 e. The van der Waals surface area contributed by atoms with Crippen LogP contribution >= 0.6 is 11.3 Å². The predicted octanol–water partition coefficient (Wildman–Crippen LogP) is 1.93. The molecule has 23 heavy (non-hydrogen) atoms. The van der Waals surface area contributed by atoms with E-state index in [1.165, 1.54) is 18.4 Å². The molecule has 0 atom stereocenters. The molecule has 0 radical (unpaired) electrons. The van der Waals surface area contributed by atoms with Crippen LogP contribution in [0.2, 0.25) is 0 Å². The van der Waals surface area contributed by atoms with Crippen molar-refractivity contribution < 1.29 is 28.6 Å². The summed E-state index contributed by atoms with van der Waals surface area (Å²) in [6, 6.07) is 0. The van der Waals surface area contributed by atoms with Gasteiger partial charge in [-0.3, -0.25) is 4.79 Å². The molecule has 1 fully saturated rings. The largest absolute Gasteiger partial charge is 0.462 e. The van der Waals surface area contributed by atoms with Crippen molar-refractivity contribution in [3.63, 3.8) is 0 Å². The zero-order chi connectivity index (χ0) is 16.8. The number of carbonyl (C=O) groups excluding carboxylic acids is 3. The number of rotatable bonds is 8. The Morgan fingerprint density at radius 1 is 1.26 bits per heavy atom. The molecule has 0 unspecified atom stereocenters. The minimum absolute atomic E-state index is 0.216. The van der Waals surface area contributed by atoms with Gasteiger partial charge in [0.2, 0.25) is 0 Å². The molecule has 2 rings (SSSR count). The van der Waals surface area contributed by atoms with E-state index in [4.69, 9.17) is 9.47 Å². The van der Waals surface area contributed by atoms with E-state index in [1.807, 2.05) is 5.38 Å². The predicted molar refractivity (Wildman–Crippen MR) is 83.7 cm³/mol. The monoisotopic (exact) mass is 341 g/mol. The van der Waals surface area contributed by atoms with Gasteiger partial charge in [0.15, 0.2) is 6.61 Å². The van der Waals surface area contributed by atoms with Crippen LogP contribution in [-0.2, 0) is 23.8 Å². The maximum atomic E-state index is 12.1. The molecule has 1 amide bonds. The number of thiophene rings is 1. The second-order valence-corrected chi connectivity index (χ2v) is 5.91. The number of esters is 2. The number of amides is 1. The van der Waals surface area contributed by atoms with Crippen LogP contribution in [0, 0.1) is 0 Å². The van der Waals surface area contributed by atoms with E-state index in [9.17, 15) is 14.4 Å². The van der Waals surface area contributed by atoms with Gasteiger partial charge in [0.1, 0.15) is 11.6 Å². The molecule has 7 nitrogen and oxygen atoms in total. The van der Waals surface area contributed by atoms with Gasteiger partial charge in [-0.05, 0) is 36.6 Å². The molecule has 1 aromatic heterocycles. The summed E-state index contributed by atoms with van der Waals surface area (Å²) >= 11 is 1.27. The highest BCUT2D eigenvalue weighted by atomic mass is 32.1. The Bertz CT molecular complexity index is 593. The maximum Gasteiger partial charge on any atom is 0.341 e. The topological polar surface area (TPSA) is 90.9 Å². The molecule has 1 N–H and O–H groups in total. The molecule has 0 spiro atoms. The Balaban J connectivity index is 2.02. The van der Waals surface area contributed by atoms with E-state index in [-0.39, 0.29) is 13.2 Å². The first-order valence-electron chi connectivity index (χ1n) is 7.29. The standard InChI is InChI=1S/C15H19NO6S/c1-3-21-15(19)13-10(9-4-5-9)8-23-14(13)16-11(17)6-22-12(18)7-20-2/h8-9H,3-7H2,1-2H3,(H,16,17). The normalized spacial score (nSPS) is 13.5. The van der Waals surface area contributed by atoms with Gasteiger partial charge in [0.25, 0.3) is 5.91 Å². The molecule has 8 heteroatoms. The Hall–Kier alpha value is -1.93. The lowest BCUT2D eigenvalue weighted by molar-refractivity contribution is -0.150. The van der Waals surface area contributed by atoms with E-state index in [0.717, 1.165) is 18.4 Å². The molecule has 0 saturated heterocycles. The van der Waals surface area contributed by atoms with E-state index >= 15 is 0 Å². The zero-order valence-electron chi connectivity index (χ0n) is 13.0. The SMILES string of the molecule is CCOC(=O)c1c(C2CC2)csc1NC(=O)COC(=O)COC. The molecule has 0 bridgehead atoms. The van der Waals surface area contributed by atoms with E-state index < -0.39 is 24.5 Å². The fraction of sp³-hybridized carbons (Fsp3) is 0.533. The van der Waals surface area contributed by atoms with Gasteiger partial charge in [-0.15, -0.1) is 11.3 Å². The number of hydrogen-bond acceptors (Lipinski definition) is 7. The van der Waals surface area contributed by atoms with Crippen molar-refractivity contribution in [2.45, 2.75) is 25.7 Å². The van der Waals surface area contributed by atoms with Crippen molar-refractivity contribution in [3.05, 3.63) is 16.5 Å². The first-order chi connectivity index (χ1) is 11.1. The number of anilines is 1. The first kappa shape index (κ1) is 17.4. The molecule has 0 aromatic carbocycles. The lowest BCUT2D eigenvalue weighted by atomic mass is 10.1. The highest BCUT2D eigenvalue weighted by molar-refractivity contribution is 7.15. The van der Waals surface area contributed by atoms with E-state index in [0.29, 0.717) is 16.5 Å². The van der Waals surface area contributed by atoms with Crippen LogP contribution in [0.25, 0.3) is 0 Å². The van der Waals surface area contributed by atoms with Crippen molar-refractivity contribution in [1.82, 2.24) is 0 Å². The van der Waals surface area contributed by atoms with Crippen molar-refractivity contribution in [2.24, 2.45) is 0 Å². The molecule has 1 saturated carbocycles. The lowest BCUT2D eigenvalue weighted by Gasteiger charge is -2.08. The van der Waals surface area contributed by atoms with Crippen LogP contribution in [0.15, 0.2) is 5.38 Å². The highest BCUT2D eigenvalue weighted by Crippen LogP contribution is 2.46. The Labute approximate surface area is 137 Å². The fourth-order valence-corrected chi connectivity index (χ4v) is 3.09. The molecule has 1 aliphatic carbocycles. The van der Waals surface area contributed by atoms with E-state index in [2.05, 4.69) is 10.1 Å². The van der Waals surface area contributed by atoms with Crippen LogP contribution in [0.5, 0.6) is 0 Å². The average molecular weight is 341 g/mol. The lowest BCUT2D eigenvalue weighted by Crippen LogP contribution is -2.23. The number of ether oxygens (including phenoxy) is 3. The smallest absolute Gasteiger partial charge is 0.341 e. The third-order valence-electron chi connectivity index (χ3n) is 3.20. The third kappa shape index (κ3) is 4.77. The van der Waals surface area contributed by atoms with Gasteiger partial charge in [-0.2, -0.15) is 0 Å². The van der Waals surface area contributed by atoms with Gasteiger partial charge in [-0.1, -0.05) is 0 Å². The summed E-state index contributed by atoms with van der Waals surface area (Å²) in [6.45, 7) is 1.35. The summed E-state index contributed by atoms with van der Waals surface area (Å²) in [4.78, 5) is 35.2. The van der Waals surface area contributed by atoms with Gasteiger partial charge in [0, 0.05) is 7.11 Å². The number of carbonyl (C=O) groups is 3. The summed E-state index contributed by atoms with van der Waals surface area (Å²) in [5, 5.41) is 4.91. The Kier molecular flexibility index (Phi) is 6.12. The molecule has 0 aliphatic heterocycles. The molecule has 1 heterocycles. The zero-order valence-corrected chi connectivity index (χ0v) is 13.9. The quantitative estimate of drug-likeness (QED) is 0.727. The number of methoxy groups -OCH3 is 1. The molecule has 1 aromatic rings. The second-order valence-electron chi connectivity index (χ2n) is 5.03. The molecular weight excluding hydrogens is 322 g/mol.